The van der Waals surface area contributed by atoms with Crippen molar-refractivity contribution in [3.05, 3.63) is 38.4 Å². The van der Waals surface area contributed by atoms with Crippen LogP contribution in [-0.2, 0) is 13.2 Å². The number of benzene rings is 1. The Hall–Kier alpha value is -0.920. The van der Waals surface area contributed by atoms with Gasteiger partial charge < -0.3 is 14.6 Å². The van der Waals surface area contributed by atoms with Gasteiger partial charge in [-0.3, -0.25) is 0 Å². The Labute approximate surface area is 128 Å². The van der Waals surface area contributed by atoms with Crippen LogP contribution in [0.5, 0.6) is 5.75 Å². The number of rotatable bonds is 5. The lowest BCUT2D eigenvalue weighted by Gasteiger charge is -2.11. The SMILES string of the molecule is CNCc1cc(Br)c(OCc2noc(C)n2)c(Br)c1. The van der Waals surface area contributed by atoms with E-state index in [0.717, 1.165) is 26.8 Å². The topological polar surface area (TPSA) is 60.2 Å². The van der Waals surface area contributed by atoms with Crippen molar-refractivity contribution < 1.29 is 9.26 Å². The molecule has 7 heteroatoms. The first-order valence-corrected chi connectivity index (χ1v) is 7.23. The van der Waals surface area contributed by atoms with Crippen LogP contribution in [0.2, 0.25) is 0 Å². The zero-order chi connectivity index (χ0) is 13.8. The van der Waals surface area contributed by atoms with E-state index in [2.05, 4.69) is 47.3 Å². The Morgan fingerprint density at radius 3 is 2.53 bits per heavy atom. The Kier molecular flexibility index (Phi) is 4.95. The minimum Gasteiger partial charge on any atom is -0.483 e. The van der Waals surface area contributed by atoms with Crippen LogP contribution in [0, 0.1) is 6.92 Å². The second-order valence-corrected chi connectivity index (χ2v) is 5.65. The van der Waals surface area contributed by atoms with E-state index in [9.17, 15) is 0 Å². The van der Waals surface area contributed by atoms with E-state index in [1.54, 1.807) is 6.92 Å². The third-order valence-electron chi connectivity index (χ3n) is 2.35. The van der Waals surface area contributed by atoms with Crippen molar-refractivity contribution in [3.63, 3.8) is 0 Å². The third-order valence-corrected chi connectivity index (χ3v) is 3.53. The van der Waals surface area contributed by atoms with Gasteiger partial charge in [0.15, 0.2) is 6.61 Å². The van der Waals surface area contributed by atoms with Crippen molar-refractivity contribution in [3.8, 4) is 5.75 Å². The summed E-state index contributed by atoms with van der Waals surface area (Å²) < 4.78 is 12.4. The molecule has 0 aliphatic heterocycles. The molecule has 0 bridgehead atoms. The molecule has 0 saturated heterocycles. The molecule has 19 heavy (non-hydrogen) atoms. The zero-order valence-electron chi connectivity index (χ0n) is 10.5. The van der Waals surface area contributed by atoms with E-state index in [1.165, 1.54) is 0 Å². The summed E-state index contributed by atoms with van der Waals surface area (Å²) in [5, 5.41) is 6.89. The number of nitrogens with one attached hydrogen (secondary N) is 1. The molecule has 0 aliphatic carbocycles. The molecule has 1 aromatic carbocycles. The molecule has 0 unspecified atom stereocenters. The Balaban J connectivity index is 2.11. The lowest BCUT2D eigenvalue weighted by Crippen LogP contribution is -2.05. The van der Waals surface area contributed by atoms with Gasteiger partial charge in [-0.15, -0.1) is 0 Å². The van der Waals surface area contributed by atoms with Crippen LogP contribution < -0.4 is 10.1 Å². The molecule has 102 valence electrons. The molecule has 0 atom stereocenters. The summed E-state index contributed by atoms with van der Waals surface area (Å²) in [4.78, 5) is 4.09. The normalized spacial score (nSPS) is 10.7. The second-order valence-electron chi connectivity index (χ2n) is 3.94. The molecule has 1 N–H and O–H groups in total. The predicted molar refractivity (Wildman–Crippen MR) is 78.0 cm³/mol. The Morgan fingerprint density at radius 1 is 1.32 bits per heavy atom. The van der Waals surface area contributed by atoms with Crippen LogP contribution in [0.15, 0.2) is 25.6 Å². The maximum atomic E-state index is 5.70. The maximum absolute atomic E-state index is 5.70. The van der Waals surface area contributed by atoms with Crippen LogP contribution in [0.25, 0.3) is 0 Å². The highest BCUT2D eigenvalue weighted by Crippen LogP contribution is 2.35. The van der Waals surface area contributed by atoms with Gasteiger partial charge in [0.25, 0.3) is 0 Å². The van der Waals surface area contributed by atoms with Crippen molar-refractivity contribution in [2.45, 2.75) is 20.1 Å². The van der Waals surface area contributed by atoms with Gasteiger partial charge in [0.2, 0.25) is 11.7 Å². The molecular formula is C12H13Br2N3O2. The van der Waals surface area contributed by atoms with Crippen LogP contribution in [0.4, 0.5) is 0 Å². The molecule has 0 radical (unpaired) electrons. The number of hydrogen-bond acceptors (Lipinski definition) is 5. The monoisotopic (exact) mass is 389 g/mol. The van der Waals surface area contributed by atoms with Gasteiger partial charge in [0, 0.05) is 13.5 Å². The van der Waals surface area contributed by atoms with Gasteiger partial charge in [0.05, 0.1) is 8.95 Å². The van der Waals surface area contributed by atoms with Crippen molar-refractivity contribution >= 4 is 31.9 Å². The average Bonchev–Trinajstić information content (AvgIpc) is 2.74. The van der Waals surface area contributed by atoms with Gasteiger partial charge in [0.1, 0.15) is 5.75 Å². The van der Waals surface area contributed by atoms with E-state index in [4.69, 9.17) is 9.26 Å². The predicted octanol–water partition coefficient (Wildman–Crippen LogP) is 3.20. The standard InChI is InChI=1S/C12H13Br2N3O2/c1-7-16-11(17-19-7)6-18-12-9(13)3-8(5-15-2)4-10(12)14/h3-4,15H,5-6H2,1-2H3. The van der Waals surface area contributed by atoms with Crippen LogP contribution in [0.3, 0.4) is 0 Å². The Morgan fingerprint density at radius 2 is 2.00 bits per heavy atom. The summed E-state index contributed by atoms with van der Waals surface area (Å²) in [6.45, 7) is 2.80. The lowest BCUT2D eigenvalue weighted by atomic mass is 10.2. The first-order valence-electron chi connectivity index (χ1n) is 5.64. The molecule has 0 spiro atoms. The summed E-state index contributed by atoms with van der Waals surface area (Å²) >= 11 is 7.00. The van der Waals surface area contributed by atoms with Gasteiger partial charge in [-0.1, -0.05) is 5.16 Å². The van der Waals surface area contributed by atoms with Gasteiger partial charge in [-0.25, -0.2) is 0 Å². The number of hydrogen-bond donors (Lipinski definition) is 1. The van der Waals surface area contributed by atoms with Gasteiger partial charge in [-0.05, 0) is 56.6 Å². The highest BCUT2D eigenvalue weighted by molar-refractivity contribution is 9.11. The van der Waals surface area contributed by atoms with E-state index >= 15 is 0 Å². The first kappa shape index (κ1) is 14.5. The summed E-state index contributed by atoms with van der Waals surface area (Å²) in [6, 6.07) is 4.02. The summed E-state index contributed by atoms with van der Waals surface area (Å²) in [7, 11) is 1.91. The van der Waals surface area contributed by atoms with E-state index in [0.29, 0.717) is 11.7 Å². The summed E-state index contributed by atoms with van der Waals surface area (Å²) in [5.74, 6) is 1.78. The molecule has 0 aliphatic rings. The number of nitrogens with zero attached hydrogens (tertiary/aromatic N) is 2. The highest BCUT2D eigenvalue weighted by Gasteiger charge is 2.11. The minimum atomic E-state index is 0.264. The first-order chi connectivity index (χ1) is 9.10. The minimum absolute atomic E-state index is 0.264. The van der Waals surface area contributed by atoms with Crippen LogP contribution >= 0.6 is 31.9 Å². The van der Waals surface area contributed by atoms with Crippen LogP contribution in [0.1, 0.15) is 17.3 Å². The lowest BCUT2D eigenvalue weighted by molar-refractivity contribution is 0.282. The second kappa shape index (κ2) is 6.49. The van der Waals surface area contributed by atoms with Crippen molar-refractivity contribution in [1.82, 2.24) is 15.5 Å². The zero-order valence-corrected chi connectivity index (χ0v) is 13.7. The van der Waals surface area contributed by atoms with Gasteiger partial charge in [-0.2, -0.15) is 4.98 Å². The fourth-order valence-electron chi connectivity index (χ4n) is 1.59. The van der Waals surface area contributed by atoms with Crippen molar-refractivity contribution in [1.29, 1.82) is 0 Å². The largest absolute Gasteiger partial charge is 0.483 e. The summed E-state index contributed by atoms with van der Waals surface area (Å²) in [6.07, 6.45) is 0. The van der Waals surface area contributed by atoms with Crippen LogP contribution in [-0.4, -0.2) is 17.2 Å². The molecule has 2 aromatic rings. The molecular weight excluding hydrogens is 378 g/mol. The highest BCUT2D eigenvalue weighted by atomic mass is 79.9. The summed E-state index contributed by atoms with van der Waals surface area (Å²) in [5.41, 5.74) is 1.16. The number of aryl methyl sites for hydroxylation is 1. The van der Waals surface area contributed by atoms with E-state index in [-0.39, 0.29) is 6.61 Å². The fraction of sp³-hybridized carbons (Fsp3) is 0.333. The smallest absolute Gasteiger partial charge is 0.223 e. The molecule has 5 nitrogen and oxygen atoms in total. The third kappa shape index (κ3) is 3.77. The number of aromatic nitrogens is 2. The number of ether oxygens (including phenoxy) is 1. The fourth-order valence-corrected chi connectivity index (χ4v) is 3.10. The van der Waals surface area contributed by atoms with E-state index < -0.39 is 0 Å². The van der Waals surface area contributed by atoms with E-state index in [1.807, 2.05) is 19.2 Å². The molecule has 0 amide bonds. The molecule has 0 saturated carbocycles. The maximum Gasteiger partial charge on any atom is 0.223 e. The molecule has 2 rings (SSSR count). The van der Waals surface area contributed by atoms with Crippen molar-refractivity contribution in [2.24, 2.45) is 0 Å². The molecule has 1 aromatic heterocycles. The molecule has 1 heterocycles. The quantitative estimate of drug-likeness (QED) is 0.849. The van der Waals surface area contributed by atoms with Crippen molar-refractivity contribution in [2.75, 3.05) is 7.05 Å². The Bertz CT molecular complexity index is 549. The number of halogens is 2. The molecule has 0 fully saturated rings. The average molecular weight is 391 g/mol. The van der Waals surface area contributed by atoms with Gasteiger partial charge >= 0.3 is 0 Å².